The maximum absolute atomic E-state index is 5.65. The lowest BCUT2D eigenvalue weighted by molar-refractivity contribution is 0.116. The third kappa shape index (κ3) is 3.05. The van der Waals surface area contributed by atoms with E-state index in [4.69, 9.17) is 4.74 Å². The Bertz CT molecular complexity index is 264. The molecule has 3 unspecified atom stereocenters. The highest BCUT2D eigenvalue weighted by Crippen LogP contribution is 2.31. The van der Waals surface area contributed by atoms with Gasteiger partial charge in [0, 0.05) is 44.2 Å². The summed E-state index contributed by atoms with van der Waals surface area (Å²) in [6.45, 7) is 8.93. The van der Waals surface area contributed by atoms with Crippen LogP contribution < -0.4 is 5.32 Å². The molecule has 2 aliphatic rings. The molecule has 3 atom stereocenters. The van der Waals surface area contributed by atoms with Crippen LogP contribution in [0.15, 0.2) is 0 Å². The summed E-state index contributed by atoms with van der Waals surface area (Å²) in [6, 6.07) is 0.707. The minimum absolute atomic E-state index is 0.343. The average Bonchev–Trinajstić information content (AvgIpc) is 2.87. The normalized spacial score (nSPS) is 37.8. The first-order valence-electron chi connectivity index (χ1n) is 7.17. The van der Waals surface area contributed by atoms with Gasteiger partial charge in [-0.3, -0.25) is 0 Å². The number of ether oxygens (including phenoxy) is 1. The SMILES string of the molecule is CNCC1(CN2CC(C)C(N(C)C)C2)CCOC1. The Balaban J connectivity index is 1.93. The molecular weight excluding hydrogens is 226 g/mol. The smallest absolute Gasteiger partial charge is 0.0547 e. The summed E-state index contributed by atoms with van der Waals surface area (Å²) < 4.78 is 5.65. The molecular formula is C14H29N3O. The fourth-order valence-corrected chi connectivity index (χ4v) is 3.67. The highest BCUT2D eigenvalue weighted by Gasteiger charge is 2.39. The van der Waals surface area contributed by atoms with Crippen LogP contribution in [0.1, 0.15) is 13.3 Å². The summed E-state index contributed by atoms with van der Waals surface area (Å²) in [4.78, 5) is 5.02. The molecule has 0 aromatic rings. The Labute approximate surface area is 112 Å². The molecule has 0 spiro atoms. The van der Waals surface area contributed by atoms with E-state index in [0.717, 1.165) is 25.7 Å². The highest BCUT2D eigenvalue weighted by molar-refractivity contribution is 4.93. The molecule has 0 saturated carbocycles. The standard InChI is InChI=1S/C14H29N3O/c1-12-7-17(8-13(12)16(3)4)10-14(9-15-2)5-6-18-11-14/h12-13,15H,5-11H2,1-4H3. The first-order valence-corrected chi connectivity index (χ1v) is 7.17. The van der Waals surface area contributed by atoms with Gasteiger partial charge in [-0.1, -0.05) is 6.92 Å². The lowest BCUT2D eigenvalue weighted by atomic mass is 9.86. The summed E-state index contributed by atoms with van der Waals surface area (Å²) in [5.41, 5.74) is 0.343. The fraction of sp³-hybridized carbons (Fsp3) is 1.00. The second-order valence-corrected chi connectivity index (χ2v) is 6.54. The van der Waals surface area contributed by atoms with Crippen molar-refractivity contribution < 1.29 is 4.74 Å². The second kappa shape index (κ2) is 5.87. The van der Waals surface area contributed by atoms with E-state index in [1.807, 2.05) is 0 Å². The molecule has 0 radical (unpaired) electrons. The zero-order valence-corrected chi connectivity index (χ0v) is 12.4. The van der Waals surface area contributed by atoms with E-state index in [0.29, 0.717) is 11.5 Å². The molecule has 0 bridgehead atoms. The molecule has 2 heterocycles. The number of hydrogen-bond acceptors (Lipinski definition) is 4. The van der Waals surface area contributed by atoms with E-state index in [1.165, 1.54) is 26.1 Å². The van der Waals surface area contributed by atoms with E-state index in [2.05, 4.69) is 43.2 Å². The number of rotatable bonds is 5. The van der Waals surface area contributed by atoms with Crippen molar-refractivity contribution in [3.8, 4) is 0 Å². The Morgan fingerprint density at radius 1 is 1.39 bits per heavy atom. The summed E-state index contributed by atoms with van der Waals surface area (Å²) in [5, 5.41) is 3.35. The molecule has 0 aliphatic carbocycles. The van der Waals surface area contributed by atoms with Crippen molar-refractivity contribution in [3.05, 3.63) is 0 Å². The van der Waals surface area contributed by atoms with Crippen molar-refractivity contribution >= 4 is 0 Å². The van der Waals surface area contributed by atoms with Gasteiger partial charge >= 0.3 is 0 Å². The van der Waals surface area contributed by atoms with Gasteiger partial charge in [0.15, 0.2) is 0 Å². The molecule has 18 heavy (non-hydrogen) atoms. The third-order valence-electron chi connectivity index (χ3n) is 4.61. The lowest BCUT2D eigenvalue weighted by Crippen LogP contribution is -2.44. The first-order chi connectivity index (χ1) is 8.56. The molecule has 2 saturated heterocycles. The number of nitrogens with one attached hydrogen (secondary N) is 1. The second-order valence-electron chi connectivity index (χ2n) is 6.54. The van der Waals surface area contributed by atoms with Crippen molar-refractivity contribution in [1.29, 1.82) is 0 Å². The van der Waals surface area contributed by atoms with Crippen LogP contribution in [0.4, 0.5) is 0 Å². The van der Waals surface area contributed by atoms with Gasteiger partial charge in [-0.2, -0.15) is 0 Å². The summed E-state index contributed by atoms with van der Waals surface area (Å²) >= 11 is 0. The zero-order chi connectivity index (χ0) is 13.2. The van der Waals surface area contributed by atoms with Crippen LogP contribution in [-0.4, -0.2) is 76.4 Å². The fourth-order valence-electron chi connectivity index (χ4n) is 3.67. The Morgan fingerprint density at radius 2 is 2.17 bits per heavy atom. The van der Waals surface area contributed by atoms with Crippen molar-refractivity contribution in [2.45, 2.75) is 19.4 Å². The molecule has 2 aliphatic heterocycles. The number of nitrogens with zero attached hydrogens (tertiary/aromatic N) is 2. The van der Waals surface area contributed by atoms with Crippen LogP contribution in [0.3, 0.4) is 0 Å². The van der Waals surface area contributed by atoms with Crippen LogP contribution in [0.2, 0.25) is 0 Å². The van der Waals surface area contributed by atoms with Gasteiger partial charge in [0.1, 0.15) is 0 Å². The minimum atomic E-state index is 0.343. The maximum Gasteiger partial charge on any atom is 0.0547 e. The average molecular weight is 255 g/mol. The summed E-state index contributed by atoms with van der Waals surface area (Å²) in [6.07, 6.45) is 1.20. The van der Waals surface area contributed by atoms with E-state index in [9.17, 15) is 0 Å². The Hall–Kier alpha value is -0.160. The molecule has 0 aromatic carbocycles. The van der Waals surface area contributed by atoms with Crippen molar-refractivity contribution in [3.63, 3.8) is 0 Å². The van der Waals surface area contributed by atoms with Crippen LogP contribution in [0.25, 0.3) is 0 Å². The van der Waals surface area contributed by atoms with E-state index < -0.39 is 0 Å². The van der Waals surface area contributed by atoms with E-state index >= 15 is 0 Å². The predicted octanol–water partition coefficient (Wildman–Crippen LogP) is 0.494. The van der Waals surface area contributed by atoms with Crippen molar-refractivity contribution in [2.75, 3.05) is 60.5 Å². The van der Waals surface area contributed by atoms with Gasteiger partial charge in [0.2, 0.25) is 0 Å². The van der Waals surface area contributed by atoms with Gasteiger partial charge in [0.05, 0.1) is 6.61 Å². The summed E-state index contributed by atoms with van der Waals surface area (Å²) in [7, 11) is 6.45. The molecule has 2 fully saturated rings. The van der Waals surface area contributed by atoms with Crippen LogP contribution in [-0.2, 0) is 4.74 Å². The minimum Gasteiger partial charge on any atom is -0.381 e. The number of hydrogen-bond donors (Lipinski definition) is 1. The van der Waals surface area contributed by atoms with E-state index in [-0.39, 0.29) is 0 Å². The molecule has 106 valence electrons. The molecule has 1 N–H and O–H groups in total. The monoisotopic (exact) mass is 255 g/mol. The largest absolute Gasteiger partial charge is 0.381 e. The van der Waals surface area contributed by atoms with E-state index in [1.54, 1.807) is 0 Å². The topological polar surface area (TPSA) is 27.7 Å². The number of likely N-dealkylation sites (N-methyl/N-ethyl adjacent to an activating group) is 1. The molecule has 2 rings (SSSR count). The van der Waals surface area contributed by atoms with Crippen molar-refractivity contribution in [1.82, 2.24) is 15.1 Å². The van der Waals surface area contributed by atoms with Crippen LogP contribution in [0, 0.1) is 11.3 Å². The van der Waals surface area contributed by atoms with Gasteiger partial charge in [-0.25, -0.2) is 0 Å². The van der Waals surface area contributed by atoms with Crippen molar-refractivity contribution in [2.24, 2.45) is 11.3 Å². The van der Waals surface area contributed by atoms with Gasteiger partial charge in [0.25, 0.3) is 0 Å². The first kappa shape index (κ1) is 14.3. The predicted molar refractivity (Wildman–Crippen MR) is 74.9 cm³/mol. The van der Waals surface area contributed by atoms with Crippen LogP contribution >= 0.6 is 0 Å². The molecule has 0 aromatic heterocycles. The third-order valence-corrected chi connectivity index (χ3v) is 4.61. The Kier molecular flexibility index (Phi) is 4.64. The molecule has 0 amide bonds. The Morgan fingerprint density at radius 3 is 2.67 bits per heavy atom. The van der Waals surface area contributed by atoms with Gasteiger partial charge in [-0.05, 0) is 33.5 Å². The maximum atomic E-state index is 5.65. The highest BCUT2D eigenvalue weighted by atomic mass is 16.5. The molecule has 4 heteroatoms. The van der Waals surface area contributed by atoms with Crippen LogP contribution in [0.5, 0.6) is 0 Å². The van der Waals surface area contributed by atoms with Gasteiger partial charge in [-0.15, -0.1) is 0 Å². The molecule has 4 nitrogen and oxygen atoms in total. The quantitative estimate of drug-likeness (QED) is 0.774. The summed E-state index contributed by atoms with van der Waals surface area (Å²) in [5.74, 6) is 0.772. The lowest BCUT2D eigenvalue weighted by Gasteiger charge is -2.32. The number of likely N-dealkylation sites (tertiary alicyclic amines) is 1. The van der Waals surface area contributed by atoms with Gasteiger partial charge < -0.3 is 19.9 Å². The zero-order valence-electron chi connectivity index (χ0n) is 12.4.